The molecule has 1 aliphatic heterocycles. The molecule has 9 heteroatoms. The van der Waals surface area contributed by atoms with E-state index in [4.69, 9.17) is 14.2 Å². The Morgan fingerprint density at radius 2 is 1.78 bits per heavy atom. The minimum Gasteiger partial charge on any atom is -0.497 e. The standard InChI is InChI=1S/C18H17NO7S/c1-24-14-6-4-13(5-7-14)19-27(22,23)15-8-2-12(3-9-15)17(20)26-16-10-11-25-18(16)21/h2-9,16,19H,10-11H2,1H3/t16-/m1/s1. The Balaban J connectivity index is 1.69. The monoisotopic (exact) mass is 391 g/mol. The number of hydrogen-bond acceptors (Lipinski definition) is 7. The Kier molecular flexibility index (Phi) is 5.31. The Morgan fingerprint density at radius 3 is 2.33 bits per heavy atom. The van der Waals surface area contributed by atoms with Gasteiger partial charge in [0.1, 0.15) is 5.75 Å². The normalized spacial score (nSPS) is 16.5. The summed E-state index contributed by atoms with van der Waals surface area (Å²) in [5, 5.41) is 0. The third kappa shape index (κ3) is 4.37. The SMILES string of the molecule is COc1ccc(NS(=O)(=O)c2ccc(C(=O)O[C@@H]3CCOC3=O)cc2)cc1. The molecule has 1 fully saturated rings. The third-order valence-corrected chi connectivity index (χ3v) is 5.28. The fourth-order valence-electron chi connectivity index (χ4n) is 2.42. The van der Waals surface area contributed by atoms with Crippen molar-refractivity contribution in [3.63, 3.8) is 0 Å². The van der Waals surface area contributed by atoms with Crippen LogP contribution in [0.5, 0.6) is 5.75 Å². The van der Waals surface area contributed by atoms with Crippen LogP contribution in [0.1, 0.15) is 16.8 Å². The van der Waals surface area contributed by atoms with E-state index in [9.17, 15) is 18.0 Å². The lowest BCUT2D eigenvalue weighted by atomic mass is 10.2. The minimum atomic E-state index is -3.82. The van der Waals surface area contributed by atoms with E-state index in [-0.39, 0.29) is 17.1 Å². The molecule has 2 aromatic rings. The van der Waals surface area contributed by atoms with Crippen LogP contribution in [0.4, 0.5) is 5.69 Å². The number of anilines is 1. The highest BCUT2D eigenvalue weighted by molar-refractivity contribution is 7.92. The average molecular weight is 391 g/mol. The van der Waals surface area contributed by atoms with E-state index in [0.717, 1.165) is 0 Å². The molecule has 0 bridgehead atoms. The Labute approximate surface area is 156 Å². The van der Waals surface area contributed by atoms with Gasteiger partial charge in [-0.15, -0.1) is 0 Å². The molecule has 0 unspecified atom stereocenters. The maximum atomic E-state index is 12.4. The van der Waals surface area contributed by atoms with Crippen molar-refractivity contribution >= 4 is 27.6 Å². The second-order valence-corrected chi connectivity index (χ2v) is 7.39. The molecule has 3 rings (SSSR count). The van der Waals surface area contributed by atoms with Crippen molar-refractivity contribution in [3.05, 3.63) is 54.1 Å². The number of benzene rings is 2. The number of esters is 2. The smallest absolute Gasteiger partial charge is 0.347 e. The van der Waals surface area contributed by atoms with E-state index in [0.29, 0.717) is 17.9 Å². The number of rotatable bonds is 6. The number of nitrogens with one attached hydrogen (secondary N) is 1. The zero-order chi connectivity index (χ0) is 19.4. The second kappa shape index (κ2) is 7.67. The fraction of sp³-hybridized carbons (Fsp3) is 0.222. The number of hydrogen-bond donors (Lipinski definition) is 1. The first kappa shape index (κ1) is 18.7. The van der Waals surface area contributed by atoms with E-state index in [2.05, 4.69) is 4.72 Å². The average Bonchev–Trinajstić information content (AvgIpc) is 3.07. The lowest BCUT2D eigenvalue weighted by molar-refractivity contribution is -0.145. The summed E-state index contributed by atoms with van der Waals surface area (Å²) < 4.78 is 42.1. The van der Waals surface area contributed by atoms with Gasteiger partial charge < -0.3 is 14.2 Å². The van der Waals surface area contributed by atoms with Gasteiger partial charge in [0.2, 0.25) is 6.10 Å². The zero-order valence-corrected chi connectivity index (χ0v) is 15.2. The summed E-state index contributed by atoms with van der Waals surface area (Å²) in [5.74, 6) is -0.691. The van der Waals surface area contributed by atoms with Gasteiger partial charge in [0.25, 0.3) is 10.0 Å². The molecule has 142 valence electrons. The lowest BCUT2D eigenvalue weighted by Crippen LogP contribution is -2.22. The highest BCUT2D eigenvalue weighted by Gasteiger charge is 2.30. The van der Waals surface area contributed by atoms with Crippen molar-refractivity contribution in [2.75, 3.05) is 18.4 Å². The van der Waals surface area contributed by atoms with Gasteiger partial charge in [-0.1, -0.05) is 0 Å². The Morgan fingerprint density at radius 1 is 1.11 bits per heavy atom. The highest BCUT2D eigenvalue weighted by atomic mass is 32.2. The Bertz CT molecular complexity index is 937. The summed E-state index contributed by atoms with van der Waals surface area (Å²) in [7, 11) is -2.31. The summed E-state index contributed by atoms with van der Waals surface area (Å²) in [6, 6.07) is 11.6. The number of carbonyl (C=O) groups excluding carboxylic acids is 2. The van der Waals surface area contributed by atoms with Crippen LogP contribution in [-0.2, 0) is 24.3 Å². The molecule has 0 saturated carbocycles. The molecule has 1 N–H and O–H groups in total. The molecule has 0 aromatic heterocycles. The minimum absolute atomic E-state index is 0.0184. The van der Waals surface area contributed by atoms with E-state index in [1.54, 1.807) is 24.3 Å². The maximum Gasteiger partial charge on any atom is 0.347 e. The molecule has 0 amide bonds. The van der Waals surface area contributed by atoms with Crippen molar-refractivity contribution in [2.24, 2.45) is 0 Å². The first-order chi connectivity index (χ1) is 12.9. The van der Waals surface area contributed by atoms with Crippen molar-refractivity contribution in [2.45, 2.75) is 17.4 Å². The molecule has 0 radical (unpaired) electrons. The molecule has 1 heterocycles. The van der Waals surface area contributed by atoms with Gasteiger partial charge in [-0.25, -0.2) is 18.0 Å². The number of carbonyl (C=O) groups is 2. The number of ether oxygens (including phenoxy) is 3. The van der Waals surface area contributed by atoms with Crippen molar-refractivity contribution in [1.82, 2.24) is 0 Å². The van der Waals surface area contributed by atoms with Crippen LogP contribution >= 0.6 is 0 Å². The van der Waals surface area contributed by atoms with Gasteiger partial charge in [-0.3, -0.25) is 4.72 Å². The summed E-state index contributed by atoms with van der Waals surface area (Å²) in [4.78, 5) is 23.4. The van der Waals surface area contributed by atoms with Crippen LogP contribution in [-0.4, -0.2) is 40.2 Å². The molecular formula is C18H17NO7S. The van der Waals surface area contributed by atoms with Gasteiger partial charge >= 0.3 is 11.9 Å². The predicted octanol–water partition coefficient (Wildman–Crippen LogP) is 1.97. The van der Waals surface area contributed by atoms with Gasteiger partial charge in [-0.2, -0.15) is 0 Å². The van der Waals surface area contributed by atoms with Crippen LogP contribution in [0.15, 0.2) is 53.4 Å². The lowest BCUT2D eigenvalue weighted by Gasteiger charge is -2.10. The number of methoxy groups -OCH3 is 1. The van der Waals surface area contributed by atoms with Gasteiger partial charge in [-0.05, 0) is 48.5 Å². The molecule has 0 spiro atoms. The first-order valence-corrected chi connectivity index (χ1v) is 9.52. The van der Waals surface area contributed by atoms with E-state index < -0.39 is 28.1 Å². The summed E-state index contributed by atoms with van der Waals surface area (Å²) >= 11 is 0. The van der Waals surface area contributed by atoms with Gasteiger partial charge in [0.15, 0.2) is 0 Å². The van der Waals surface area contributed by atoms with Gasteiger partial charge in [0, 0.05) is 12.1 Å². The van der Waals surface area contributed by atoms with Crippen LogP contribution in [0.3, 0.4) is 0 Å². The van der Waals surface area contributed by atoms with Crippen LogP contribution in [0.25, 0.3) is 0 Å². The molecule has 8 nitrogen and oxygen atoms in total. The summed E-state index contributed by atoms with van der Waals surface area (Å²) in [5.41, 5.74) is 0.511. The molecule has 1 aliphatic rings. The number of cyclic esters (lactones) is 1. The van der Waals surface area contributed by atoms with Crippen LogP contribution in [0, 0.1) is 0 Å². The van der Waals surface area contributed by atoms with Crippen molar-refractivity contribution < 1.29 is 32.2 Å². The predicted molar refractivity (Wildman–Crippen MR) is 95.0 cm³/mol. The fourth-order valence-corrected chi connectivity index (χ4v) is 3.48. The number of sulfonamides is 1. The molecule has 1 atom stereocenters. The van der Waals surface area contributed by atoms with Crippen LogP contribution in [0.2, 0.25) is 0 Å². The van der Waals surface area contributed by atoms with Crippen molar-refractivity contribution in [1.29, 1.82) is 0 Å². The van der Waals surface area contributed by atoms with Gasteiger partial charge in [0.05, 0.1) is 24.2 Å². The molecule has 27 heavy (non-hydrogen) atoms. The quantitative estimate of drug-likeness (QED) is 0.750. The highest BCUT2D eigenvalue weighted by Crippen LogP contribution is 2.20. The molecular weight excluding hydrogens is 374 g/mol. The zero-order valence-electron chi connectivity index (χ0n) is 14.4. The summed E-state index contributed by atoms with van der Waals surface area (Å²) in [6.45, 7) is 0.213. The van der Waals surface area contributed by atoms with Crippen LogP contribution < -0.4 is 9.46 Å². The first-order valence-electron chi connectivity index (χ1n) is 8.03. The summed E-state index contributed by atoms with van der Waals surface area (Å²) in [6.07, 6.45) is -0.610. The van der Waals surface area contributed by atoms with E-state index in [1.165, 1.54) is 31.4 Å². The Hall–Kier alpha value is -3.07. The maximum absolute atomic E-state index is 12.4. The van der Waals surface area contributed by atoms with E-state index >= 15 is 0 Å². The van der Waals surface area contributed by atoms with Crippen molar-refractivity contribution in [3.8, 4) is 5.75 Å². The molecule has 2 aromatic carbocycles. The molecule has 1 saturated heterocycles. The molecule has 0 aliphatic carbocycles. The largest absolute Gasteiger partial charge is 0.497 e. The van der Waals surface area contributed by atoms with E-state index in [1.807, 2.05) is 0 Å². The second-order valence-electron chi connectivity index (χ2n) is 5.71. The topological polar surface area (TPSA) is 108 Å². The third-order valence-electron chi connectivity index (χ3n) is 3.88.